The van der Waals surface area contributed by atoms with E-state index in [0.29, 0.717) is 0 Å². The van der Waals surface area contributed by atoms with Crippen LogP contribution in [0.15, 0.2) is 35.1 Å². The van der Waals surface area contributed by atoms with Gasteiger partial charge in [0.15, 0.2) is 0 Å². The van der Waals surface area contributed by atoms with E-state index in [1.807, 2.05) is 19.1 Å². The average molecular weight is 335 g/mol. The predicted molar refractivity (Wildman–Crippen MR) is 87.0 cm³/mol. The summed E-state index contributed by atoms with van der Waals surface area (Å²) in [5, 5.41) is 6.67. The van der Waals surface area contributed by atoms with E-state index in [-0.39, 0.29) is 0 Å². The average Bonchev–Trinajstić information content (AvgIpc) is 2.45. The van der Waals surface area contributed by atoms with Crippen molar-refractivity contribution in [2.24, 2.45) is 0 Å². The number of halogens is 1. The molecule has 0 saturated heterocycles. The molecule has 4 nitrogen and oxygen atoms in total. The van der Waals surface area contributed by atoms with Crippen LogP contribution in [0.3, 0.4) is 0 Å². The summed E-state index contributed by atoms with van der Waals surface area (Å²) in [6, 6.07) is 8.23. The summed E-state index contributed by atoms with van der Waals surface area (Å²) in [6.45, 7) is 5.82. The summed E-state index contributed by atoms with van der Waals surface area (Å²) in [5.41, 5.74) is 2.26. The van der Waals surface area contributed by atoms with Crippen LogP contribution in [0, 0.1) is 6.92 Å². The van der Waals surface area contributed by atoms with E-state index in [1.165, 1.54) is 5.56 Å². The van der Waals surface area contributed by atoms with Crippen molar-refractivity contribution in [1.82, 2.24) is 9.97 Å². The molecule has 0 radical (unpaired) electrons. The van der Waals surface area contributed by atoms with Crippen LogP contribution in [0.2, 0.25) is 0 Å². The van der Waals surface area contributed by atoms with Gasteiger partial charge in [-0.1, -0.05) is 35.0 Å². The second kappa shape index (κ2) is 7.24. The SMILES string of the molecule is CCCNc1ncnc(NCc2cccc(Br)c2)c1C. The summed E-state index contributed by atoms with van der Waals surface area (Å²) < 4.78 is 1.08. The summed E-state index contributed by atoms with van der Waals surface area (Å²) in [4.78, 5) is 8.59. The number of anilines is 2. The quantitative estimate of drug-likeness (QED) is 0.838. The molecule has 2 rings (SSSR count). The maximum absolute atomic E-state index is 4.31. The van der Waals surface area contributed by atoms with Crippen molar-refractivity contribution in [2.75, 3.05) is 17.2 Å². The van der Waals surface area contributed by atoms with Gasteiger partial charge in [0.1, 0.15) is 18.0 Å². The van der Waals surface area contributed by atoms with Crippen LogP contribution in [0.1, 0.15) is 24.5 Å². The molecule has 1 heterocycles. The highest BCUT2D eigenvalue weighted by Gasteiger charge is 2.06. The summed E-state index contributed by atoms with van der Waals surface area (Å²) in [6.07, 6.45) is 2.67. The standard InChI is InChI=1S/C15H19BrN4/c1-3-7-17-14-11(2)15(20-10-19-14)18-9-12-5-4-6-13(16)8-12/h4-6,8,10H,3,7,9H2,1-2H3,(H2,17,18,19,20). The van der Waals surface area contributed by atoms with Gasteiger partial charge >= 0.3 is 0 Å². The molecule has 1 aromatic carbocycles. The number of nitrogens with zero attached hydrogens (tertiary/aromatic N) is 2. The first-order valence-electron chi connectivity index (χ1n) is 6.74. The first kappa shape index (κ1) is 14.8. The molecular weight excluding hydrogens is 316 g/mol. The van der Waals surface area contributed by atoms with E-state index >= 15 is 0 Å². The van der Waals surface area contributed by atoms with E-state index < -0.39 is 0 Å². The zero-order valence-electron chi connectivity index (χ0n) is 11.8. The molecule has 0 bridgehead atoms. The third-order valence-corrected chi connectivity index (χ3v) is 3.47. The minimum atomic E-state index is 0.741. The lowest BCUT2D eigenvalue weighted by Gasteiger charge is -2.12. The molecule has 5 heteroatoms. The minimum Gasteiger partial charge on any atom is -0.370 e. The van der Waals surface area contributed by atoms with E-state index in [0.717, 1.165) is 41.2 Å². The number of rotatable bonds is 6. The molecule has 1 aromatic heterocycles. The maximum Gasteiger partial charge on any atom is 0.134 e. The van der Waals surface area contributed by atoms with Crippen LogP contribution < -0.4 is 10.6 Å². The third-order valence-electron chi connectivity index (χ3n) is 2.98. The smallest absolute Gasteiger partial charge is 0.134 e. The second-order valence-electron chi connectivity index (χ2n) is 4.61. The summed E-state index contributed by atoms with van der Waals surface area (Å²) in [7, 11) is 0. The third kappa shape index (κ3) is 3.93. The van der Waals surface area contributed by atoms with Gasteiger partial charge in [-0.3, -0.25) is 0 Å². The molecule has 0 atom stereocenters. The van der Waals surface area contributed by atoms with Crippen molar-refractivity contribution in [3.05, 3.63) is 46.2 Å². The molecule has 0 spiro atoms. The van der Waals surface area contributed by atoms with Gasteiger partial charge in [0.2, 0.25) is 0 Å². The van der Waals surface area contributed by atoms with Crippen LogP contribution in [0.5, 0.6) is 0 Å². The number of aromatic nitrogens is 2. The maximum atomic E-state index is 4.31. The number of hydrogen-bond acceptors (Lipinski definition) is 4. The fourth-order valence-electron chi connectivity index (χ4n) is 1.88. The predicted octanol–water partition coefficient (Wildman–Crippen LogP) is 3.98. The van der Waals surface area contributed by atoms with Crippen molar-refractivity contribution in [1.29, 1.82) is 0 Å². The van der Waals surface area contributed by atoms with Gasteiger partial charge in [0.25, 0.3) is 0 Å². The number of nitrogens with one attached hydrogen (secondary N) is 2. The minimum absolute atomic E-state index is 0.741. The second-order valence-corrected chi connectivity index (χ2v) is 5.52. The van der Waals surface area contributed by atoms with Gasteiger partial charge in [0, 0.05) is 23.1 Å². The molecule has 2 aromatic rings. The fraction of sp³-hybridized carbons (Fsp3) is 0.333. The highest BCUT2D eigenvalue weighted by atomic mass is 79.9. The normalized spacial score (nSPS) is 10.3. The van der Waals surface area contributed by atoms with Crippen molar-refractivity contribution < 1.29 is 0 Å². The molecule has 0 aliphatic carbocycles. The topological polar surface area (TPSA) is 49.8 Å². The van der Waals surface area contributed by atoms with E-state index in [1.54, 1.807) is 6.33 Å². The molecule has 0 unspecified atom stereocenters. The fourth-order valence-corrected chi connectivity index (χ4v) is 2.33. The largest absolute Gasteiger partial charge is 0.370 e. The Bertz CT molecular complexity index is 572. The van der Waals surface area contributed by atoms with E-state index in [4.69, 9.17) is 0 Å². The molecule has 0 aliphatic rings. The molecule has 0 fully saturated rings. The van der Waals surface area contributed by atoms with Gasteiger partial charge in [0.05, 0.1) is 0 Å². The van der Waals surface area contributed by atoms with Gasteiger partial charge in [-0.25, -0.2) is 9.97 Å². The van der Waals surface area contributed by atoms with Crippen LogP contribution in [-0.4, -0.2) is 16.5 Å². The van der Waals surface area contributed by atoms with Crippen molar-refractivity contribution in [3.63, 3.8) is 0 Å². The van der Waals surface area contributed by atoms with Crippen LogP contribution in [0.25, 0.3) is 0 Å². The zero-order valence-corrected chi connectivity index (χ0v) is 13.4. The molecular formula is C15H19BrN4. The Morgan fingerprint density at radius 1 is 1.15 bits per heavy atom. The first-order chi connectivity index (χ1) is 9.70. The Morgan fingerprint density at radius 3 is 2.60 bits per heavy atom. The van der Waals surface area contributed by atoms with Gasteiger partial charge in [-0.15, -0.1) is 0 Å². The van der Waals surface area contributed by atoms with E-state index in [9.17, 15) is 0 Å². The van der Waals surface area contributed by atoms with E-state index in [2.05, 4.69) is 55.6 Å². The first-order valence-corrected chi connectivity index (χ1v) is 7.53. The van der Waals surface area contributed by atoms with Gasteiger partial charge in [-0.05, 0) is 31.0 Å². The molecule has 0 amide bonds. The highest BCUT2D eigenvalue weighted by Crippen LogP contribution is 2.19. The molecule has 20 heavy (non-hydrogen) atoms. The Kier molecular flexibility index (Phi) is 5.35. The van der Waals surface area contributed by atoms with Crippen LogP contribution in [-0.2, 0) is 6.54 Å². The lowest BCUT2D eigenvalue weighted by Crippen LogP contribution is -2.08. The van der Waals surface area contributed by atoms with Crippen molar-refractivity contribution >= 4 is 27.6 Å². The van der Waals surface area contributed by atoms with Crippen molar-refractivity contribution in [3.8, 4) is 0 Å². The van der Waals surface area contributed by atoms with Gasteiger partial charge < -0.3 is 10.6 Å². The van der Waals surface area contributed by atoms with Gasteiger partial charge in [-0.2, -0.15) is 0 Å². The summed E-state index contributed by atoms with van der Waals surface area (Å²) in [5.74, 6) is 1.78. The monoisotopic (exact) mass is 334 g/mol. The Labute approximate surface area is 128 Å². The Hall–Kier alpha value is -1.62. The van der Waals surface area contributed by atoms with Crippen molar-refractivity contribution in [2.45, 2.75) is 26.8 Å². The number of benzene rings is 1. The van der Waals surface area contributed by atoms with Crippen LogP contribution >= 0.6 is 15.9 Å². The molecule has 0 aliphatic heterocycles. The Balaban J connectivity index is 2.06. The number of hydrogen-bond donors (Lipinski definition) is 2. The zero-order chi connectivity index (χ0) is 14.4. The molecule has 106 valence electrons. The lowest BCUT2D eigenvalue weighted by molar-refractivity contribution is 0.957. The summed E-state index contributed by atoms with van der Waals surface area (Å²) >= 11 is 3.48. The molecule has 0 saturated carbocycles. The highest BCUT2D eigenvalue weighted by molar-refractivity contribution is 9.10. The lowest BCUT2D eigenvalue weighted by atomic mass is 10.2. The molecule has 2 N–H and O–H groups in total. The van der Waals surface area contributed by atoms with Crippen LogP contribution in [0.4, 0.5) is 11.6 Å². The Morgan fingerprint density at radius 2 is 1.90 bits per heavy atom.